The number of aryl methyl sites for hydroxylation is 6. The van der Waals surface area contributed by atoms with Crippen molar-refractivity contribution in [2.45, 2.75) is 41.5 Å². The zero-order valence-electron chi connectivity index (χ0n) is 22.6. The van der Waals surface area contributed by atoms with Gasteiger partial charge in [-0.2, -0.15) is 0 Å². The van der Waals surface area contributed by atoms with Crippen molar-refractivity contribution in [2.75, 3.05) is 0 Å². The molecule has 0 amide bonds. The highest BCUT2D eigenvalue weighted by Gasteiger charge is 2.16. The van der Waals surface area contributed by atoms with Crippen molar-refractivity contribution in [3.8, 4) is 27.9 Å². The Kier molecular flexibility index (Phi) is 5.53. The second-order valence-electron chi connectivity index (χ2n) is 10.7. The maximum absolute atomic E-state index is 2.43. The van der Waals surface area contributed by atoms with Crippen molar-refractivity contribution in [1.82, 2.24) is 4.57 Å². The Balaban J connectivity index is 1.61. The van der Waals surface area contributed by atoms with Gasteiger partial charge in [0.1, 0.15) is 0 Å². The van der Waals surface area contributed by atoms with Crippen LogP contribution in [0.4, 0.5) is 0 Å². The van der Waals surface area contributed by atoms with E-state index in [4.69, 9.17) is 0 Å². The first kappa shape index (κ1) is 23.3. The van der Waals surface area contributed by atoms with Crippen molar-refractivity contribution in [1.29, 1.82) is 0 Å². The summed E-state index contributed by atoms with van der Waals surface area (Å²) in [5.74, 6) is 0. The molecule has 5 aromatic carbocycles. The smallest absolute Gasteiger partial charge is 0.0541 e. The summed E-state index contributed by atoms with van der Waals surface area (Å²) in [6.45, 7) is 13.2. The van der Waals surface area contributed by atoms with Gasteiger partial charge < -0.3 is 4.57 Å². The van der Waals surface area contributed by atoms with Crippen LogP contribution >= 0.6 is 0 Å². The standard InChI is InChI=1S/C36H33N/c1-22-11-15-35-33(17-22)34-18-23(2)12-16-36(34)37(35)28-14-13-25(4)30(20-28)32-21-31(26(5)19-27(32)6)29-10-8-7-9-24(29)3/h7-21H,1-6H3. The highest BCUT2D eigenvalue weighted by Crippen LogP contribution is 2.38. The molecule has 0 aliphatic carbocycles. The molecule has 0 atom stereocenters. The molecule has 37 heavy (non-hydrogen) atoms. The van der Waals surface area contributed by atoms with Crippen LogP contribution in [-0.2, 0) is 0 Å². The molecule has 6 rings (SSSR count). The van der Waals surface area contributed by atoms with E-state index in [0.29, 0.717) is 0 Å². The Labute approximate surface area is 220 Å². The summed E-state index contributed by atoms with van der Waals surface area (Å²) < 4.78 is 2.43. The average molecular weight is 480 g/mol. The van der Waals surface area contributed by atoms with Crippen molar-refractivity contribution in [2.24, 2.45) is 0 Å². The molecule has 1 heteroatoms. The van der Waals surface area contributed by atoms with Crippen LogP contribution in [0.25, 0.3) is 49.7 Å². The van der Waals surface area contributed by atoms with Gasteiger partial charge in [-0.1, -0.05) is 59.7 Å². The van der Waals surface area contributed by atoms with Gasteiger partial charge >= 0.3 is 0 Å². The molecule has 0 aliphatic rings. The summed E-state index contributed by atoms with van der Waals surface area (Å²) in [5, 5.41) is 2.63. The lowest BCUT2D eigenvalue weighted by Gasteiger charge is -2.18. The molecule has 0 unspecified atom stereocenters. The summed E-state index contributed by atoms with van der Waals surface area (Å²) in [6.07, 6.45) is 0. The number of benzene rings is 5. The van der Waals surface area contributed by atoms with E-state index in [1.807, 2.05) is 0 Å². The fourth-order valence-electron chi connectivity index (χ4n) is 5.88. The molecule has 0 saturated carbocycles. The topological polar surface area (TPSA) is 4.93 Å². The van der Waals surface area contributed by atoms with E-state index in [-0.39, 0.29) is 0 Å². The maximum atomic E-state index is 2.43. The van der Waals surface area contributed by atoms with E-state index in [9.17, 15) is 0 Å². The van der Waals surface area contributed by atoms with E-state index in [0.717, 1.165) is 0 Å². The molecule has 0 N–H and O–H groups in total. The van der Waals surface area contributed by atoms with Crippen molar-refractivity contribution < 1.29 is 0 Å². The van der Waals surface area contributed by atoms with Crippen LogP contribution in [-0.4, -0.2) is 4.57 Å². The first-order valence-corrected chi connectivity index (χ1v) is 13.1. The van der Waals surface area contributed by atoms with Gasteiger partial charge in [0.2, 0.25) is 0 Å². The van der Waals surface area contributed by atoms with Gasteiger partial charge in [0, 0.05) is 16.5 Å². The lowest BCUT2D eigenvalue weighted by molar-refractivity contribution is 1.17. The number of hydrogen-bond acceptors (Lipinski definition) is 0. The third kappa shape index (κ3) is 3.86. The molecule has 0 fully saturated rings. The molecule has 0 aliphatic heterocycles. The SMILES string of the molecule is Cc1ccc2c(c1)c1cc(C)ccc1n2-c1ccc(C)c(-c2cc(-c3ccccc3C)c(C)cc2C)c1. The first-order valence-electron chi connectivity index (χ1n) is 13.1. The van der Waals surface area contributed by atoms with Gasteiger partial charge in [-0.05, 0) is 129 Å². The third-order valence-electron chi connectivity index (χ3n) is 7.85. The maximum Gasteiger partial charge on any atom is 0.0541 e. The van der Waals surface area contributed by atoms with Crippen molar-refractivity contribution in [3.63, 3.8) is 0 Å². The minimum atomic E-state index is 1.20. The third-order valence-corrected chi connectivity index (χ3v) is 7.85. The number of fused-ring (bicyclic) bond motifs is 3. The number of rotatable bonds is 3. The van der Waals surface area contributed by atoms with Gasteiger partial charge in [-0.3, -0.25) is 0 Å². The molecule has 182 valence electrons. The zero-order chi connectivity index (χ0) is 25.8. The molecule has 1 nitrogen and oxygen atoms in total. The van der Waals surface area contributed by atoms with Gasteiger partial charge in [-0.15, -0.1) is 0 Å². The number of aromatic nitrogens is 1. The predicted molar refractivity (Wildman–Crippen MR) is 160 cm³/mol. The predicted octanol–water partition coefficient (Wildman–Crippen LogP) is 9.97. The fraction of sp³-hybridized carbons (Fsp3) is 0.167. The molecule has 0 spiro atoms. The highest BCUT2D eigenvalue weighted by atomic mass is 15.0. The van der Waals surface area contributed by atoms with Gasteiger partial charge in [0.25, 0.3) is 0 Å². The summed E-state index contributed by atoms with van der Waals surface area (Å²) in [6, 6.07) is 34.0. The minimum absolute atomic E-state index is 1.20. The summed E-state index contributed by atoms with van der Waals surface area (Å²) in [4.78, 5) is 0. The average Bonchev–Trinajstić information content (AvgIpc) is 3.18. The zero-order valence-corrected chi connectivity index (χ0v) is 22.6. The Hall–Kier alpha value is -4.10. The summed E-state index contributed by atoms with van der Waals surface area (Å²) >= 11 is 0. The van der Waals surface area contributed by atoms with Crippen LogP contribution in [0.15, 0.2) is 91.0 Å². The second kappa shape index (κ2) is 8.78. The second-order valence-corrected chi connectivity index (χ2v) is 10.7. The van der Waals surface area contributed by atoms with Crippen LogP contribution in [0.1, 0.15) is 33.4 Å². The Morgan fingerprint density at radius 1 is 0.405 bits per heavy atom. The van der Waals surface area contributed by atoms with E-state index < -0.39 is 0 Å². The van der Waals surface area contributed by atoms with Crippen LogP contribution in [0.3, 0.4) is 0 Å². The Bertz CT molecular complexity index is 1770. The van der Waals surface area contributed by atoms with Crippen molar-refractivity contribution in [3.05, 3.63) is 124 Å². The Morgan fingerprint density at radius 3 is 1.57 bits per heavy atom. The van der Waals surface area contributed by atoms with Crippen molar-refractivity contribution >= 4 is 21.8 Å². The molecule has 0 radical (unpaired) electrons. The van der Waals surface area contributed by atoms with Gasteiger partial charge in [-0.25, -0.2) is 0 Å². The van der Waals surface area contributed by atoms with E-state index in [2.05, 4.69) is 137 Å². The fourth-order valence-corrected chi connectivity index (χ4v) is 5.88. The highest BCUT2D eigenvalue weighted by molar-refractivity contribution is 6.09. The first-order chi connectivity index (χ1) is 17.8. The molecule has 1 heterocycles. The molecule has 1 aromatic heterocycles. The van der Waals surface area contributed by atoms with E-state index >= 15 is 0 Å². The van der Waals surface area contributed by atoms with Crippen LogP contribution < -0.4 is 0 Å². The molecular formula is C36H33N. The van der Waals surface area contributed by atoms with E-state index in [1.165, 1.54) is 83.1 Å². The van der Waals surface area contributed by atoms with Crippen LogP contribution in [0.2, 0.25) is 0 Å². The molecule has 0 bridgehead atoms. The summed E-state index contributed by atoms with van der Waals surface area (Å²) in [5.41, 5.74) is 16.7. The number of nitrogens with zero attached hydrogens (tertiary/aromatic N) is 1. The largest absolute Gasteiger partial charge is 0.309 e. The van der Waals surface area contributed by atoms with Gasteiger partial charge in [0.15, 0.2) is 0 Å². The minimum Gasteiger partial charge on any atom is -0.309 e. The normalized spacial score (nSPS) is 11.5. The monoisotopic (exact) mass is 479 g/mol. The van der Waals surface area contributed by atoms with Gasteiger partial charge in [0.05, 0.1) is 11.0 Å². The lowest BCUT2D eigenvalue weighted by atomic mass is 9.88. The van der Waals surface area contributed by atoms with Crippen LogP contribution in [0, 0.1) is 41.5 Å². The summed E-state index contributed by atoms with van der Waals surface area (Å²) in [7, 11) is 0. The number of hydrogen-bond donors (Lipinski definition) is 0. The Morgan fingerprint density at radius 2 is 0.946 bits per heavy atom. The van der Waals surface area contributed by atoms with E-state index in [1.54, 1.807) is 0 Å². The molecule has 6 aromatic rings. The lowest BCUT2D eigenvalue weighted by Crippen LogP contribution is -1.97. The van der Waals surface area contributed by atoms with Crippen LogP contribution in [0.5, 0.6) is 0 Å². The molecular weight excluding hydrogens is 446 g/mol. The molecule has 0 saturated heterocycles. The quantitative estimate of drug-likeness (QED) is 0.238.